The zero-order valence-electron chi connectivity index (χ0n) is 12.7. The maximum Gasteiger partial charge on any atom is 0.387 e. The highest BCUT2D eigenvalue weighted by Crippen LogP contribution is 2.28. The molecule has 21 heavy (non-hydrogen) atoms. The first-order valence-corrected chi connectivity index (χ1v) is 7.96. The van der Waals surface area contributed by atoms with E-state index in [1.54, 1.807) is 12.1 Å². The summed E-state index contributed by atoms with van der Waals surface area (Å²) in [6.07, 6.45) is 8.78. The molecule has 0 amide bonds. The summed E-state index contributed by atoms with van der Waals surface area (Å²) in [5.74, 6) is 0.276. The predicted octanol–water partition coefficient (Wildman–Crippen LogP) is 5.05. The van der Waals surface area contributed by atoms with Gasteiger partial charge in [0.1, 0.15) is 5.75 Å². The second-order valence-electron chi connectivity index (χ2n) is 5.85. The molecular formula is C17H25F2NO. The minimum Gasteiger partial charge on any atom is -0.434 e. The van der Waals surface area contributed by atoms with Crippen molar-refractivity contribution >= 4 is 0 Å². The number of halogens is 2. The first kappa shape index (κ1) is 16.2. The Morgan fingerprint density at radius 3 is 2.33 bits per heavy atom. The van der Waals surface area contributed by atoms with Crippen LogP contribution in [0.25, 0.3) is 0 Å². The molecule has 1 aliphatic rings. The minimum atomic E-state index is -2.78. The van der Waals surface area contributed by atoms with Crippen molar-refractivity contribution < 1.29 is 13.5 Å². The van der Waals surface area contributed by atoms with E-state index in [-0.39, 0.29) is 11.8 Å². The lowest BCUT2D eigenvalue weighted by Crippen LogP contribution is -2.32. The molecule has 1 N–H and O–H groups in total. The van der Waals surface area contributed by atoms with E-state index in [1.807, 2.05) is 19.1 Å². The molecule has 4 heteroatoms. The molecular weight excluding hydrogens is 272 g/mol. The van der Waals surface area contributed by atoms with Gasteiger partial charge in [0.05, 0.1) is 0 Å². The largest absolute Gasteiger partial charge is 0.434 e. The molecule has 0 aromatic heterocycles. The second-order valence-corrected chi connectivity index (χ2v) is 5.85. The number of hydrogen-bond donors (Lipinski definition) is 1. The SMILES string of the molecule is CC(NC1CCCCCCC1)c1ccccc1OC(F)F. The van der Waals surface area contributed by atoms with Gasteiger partial charge in [-0.1, -0.05) is 50.3 Å². The van der Waals surface area contributed by atoms with Crippen molar-refractivity contribution in [2.24, 2.45) is 0 Å². The monoisotopic (exact) mass is 297 g/mol. The van der Waals surface area contributed by atoms with Gasteiger partial charge in [0.25, 0.3) is 0 Å². The molecule has 1 aliphatic carbocycles. The summed E-state index contributed by atoms with van der Waals surface area (Å²) < 4.78 is 29.6. The third-order valence-electron chi connectivity index (χ3n) is 4.19. The normalized spacial score (nSPS) is 19.0. The Morgan fingerprint density at radius 2 is 1.67 bits per heavy atom. The number of hydrogen-bond acceptors (Lipinski definition) is 2. The maximum absolute atomic E-state index is 12.5. The molecule has 1 atom stereocenters. The van der Waals surface area contributed by atoms with E-state index in [1.165, 1.54) is 44.9 Å². The highest BCUT2D eigenvalue weighted by atomic mass is 19.3. The minimum absolute atomic E-state index is 0.0179. The Kier molecular flexibility index (Phi) is 6.43. The van der Waals surface area contributed by atoms with Gasteiger partial charge < -0.3 is 10.1 Å². The number of ether oxygens (including phenoxy) is 1. The van der Waals surface area contributed by atoms with Crippen LogP contribution >= 0.6 is 0 Å². The molecule has 0 spiro atoms. The Labute approximate surface area is 125 Å². The van der Waals surface area contributed by atoms with Crippen molar-refractivity contribution in [1.29, 1.82) is 0 Å². The number of para-hydroxylation sites is 1. The quantitative estimate of drug-likeness (QED) is 0.821. The Balaban J connectivity index is 1.99. The van der Waals surface area contributed by atoms with Gasteiger partial charge in [-0.2, -0.15) is 8.78 Å². The third-order valence-corrected chi connectivity index (χ3v) is 4.19. The van der Waals surface area contributed by atoms with E-state index in [4.69, 9.17) is 0 Å². The van der Waals surface area contributed by atoms with Gasteiger partial charge in [0.15, 0.2) is 0 Å². The lowest BCUT2D eigenvalue weighted by Gasteiger charge is -2.26. The summed E-state index contributed by atoms with van der Waals surface area (Å²) in [5, 5.41) is 3.59. The molecule has 1 fully saturated rings. The summed E-state index contributed by atoms with van der Waals surface area (Å²) in [4.78, 5) is 0. The summed E-state index contributed by atoms with van der Waals surface area (Å²) in [7, 11) is 0. The van der Waals surface area contributed by atoms with Crippen LogP contribution in [0.2, 0.25) is 0 Å². The van der Waals surface area contributed by atoms with E-state index >= 15 is 0 Å². The van der Waals surface area contributed by atoms with E-state index in [0.29, 0.717) is 6.04 Å². The van der Waals surface area contributed by atoms with Crippen LogP contribution in [0.1, 0.15) is 63.5 Å². The smallest absolute Gasteiger partial charge is 0.387 e. The Hall–Kier alpha value is -1.16. The zero-order chi connectivity index (χ0) is 15.1. The number of benzene rings is 1. The molecule has 0 radical (unpaired) electrons. The van der Waals surface area contributed by atoms with Gasteiger partial charge in [-0.25, -0.2) is 0 Å². The van der Waals surface area contributed by atoms with Crippen LogP contribution in [0.4, 0.5) is 8.78 Å². The van der Waals surface area contributed by atoms with Gasteiger partial charge in [-0.3, -0.25) is 0 Å². The van der Waals surface area contributed by atoms with Gasteiger partial charge in [0, 0.05) is 17.6 Å². The highest BCUT2D eigenvalue weighted by molar-refractivity contribution is 5.35. The molecule has 0 bridgehead atoms. The standard InChI is InChI=1S/C17H25F2NO/c1-13(20-14-9-5-3-2-4-6-10-14)15-11-7-8-12-16(15)21-17(18)19/h7-8,11-14,17,20H,2-6,9-10H2,1H3. The molecule has 118 valence electrons. The van der Waals surface area contributed by atoms with E-state index < -0.39 is 6.61 Å². The summed E-state index contributed by atoms with van der Waals surface area (Å²) in [5.41, 5.74) is 0.805. The van der Waals surface area contributed by atoms with Crippen LogP contribution in [0.15, 0.2) is 24.3 Å². The van der Waals surface area contributed by atoms with Crippen molar-refractivity contribution in [3.63, 3.8) is 0 Å². The summed E-state index contributed by atoms with van der Waals surface area (Å²) in [6.45, 7) is -0.758. The average molecular weight is 297 g/mol. The van der Waals surface area contributed by atoms with Gasteiger partial charge in [-0.05, 0) is 25.8 Å². The van der Waals surface area contributed by atoms with Crippen LogP contribution in [0.3, 0.4) is 0 Å². The second kappa shape index (κ2) is 8.32. The van der Waals surface area contributed by atoms with Crippen molar-refractivity contribution in [1.82, 2.24) is 5.32 Å². The Morgan fingerprint density at radius 1 is 1.05 bits per heavy atom. The third kappa shape index (κ3) is 5.27. The zero-order valence-corrected chi connectivity index (χ0v) is 12.7. The lowest BCUT2D eigenvalue weighted by atomic mass is 9.95. The average Bonchev–Trinajstić information content (AvgIpc) is 2.41. The molecule has 1 unspecified atom stereocenters. The molecule has 1 saturated carbocycles. The van der Waals surface area contributed by atoms with Crippen LogP contribution in [0, 0.1) is 0 Å². The lowest BCUT2D eigenvalue weighted by molar-refractivity contribution is -0.0507. The van der Waals surface area contributed by atoms with Crippen molar-refractivity contribution in [3.8, 4) is 5.75 Å². The summed E-state index contributed by atoms with van der Waals surface area (Å²) >= 11 is 0. The van der Waals surface area contributed by atoms with Crippen LogP contribution in [-0.4, -0.2) is 12.7 Å². The number of alkyl halides is 2. The van der Waals surface area contributed by atoms with E-state index in [2.05, 4.69) is 10.1 Å². The van der Waals surface area contributed by atoms with Gasteiger partial charge in [0.2, 0.25) is 0 Å². The molecule has 2 rings (SSSR count). The maximum atomic E-state index is 12.5. The van der Waals surface area contributed by atoms with Crippen molar-refractivity contribution in [2.75, 3.05) is 0 Å². The van der Waals surface area contributed by atoms with Crippen molar-refractivity contribution in [3.05, 3.63) is 29.8 Å². The van der Waals surface area contributed by atoms with E-state index in [0.717, 1.165) is 5.56 Å². The fourth-order valence-electron chi connectivity index (χ4n) is 3.11. The molecule has 2 nitrogen and oxygen atoms in total. The molecule has 1 aromatic carbocycles. The van der Waals surface area contributed by atoms with E-state index in [9.17, 15) is 8.78 Å². The molecule has 0 aliphatic heterocycles. The first-order chi connectivity index (χ1) is 10.2. The van der Waals surface area contributed by atoms with Crippen molar-refractivity contribution in [2.45, 2.75) is 70.6 Å². The van der Waals surface area contributed by atoms with Crippen LogP contribution < -0.4 is 10.1 Å². The molecule has 1 aromatic rings. The van der Waals surface area contributed by atoms with Gasteiger partial charge in [-0.15, -0.1) is 0 Å². The van der Waals surface area contributed by atoms with Crippen LogP contribution in [-0.2, 0) is 0 Å². The molecule has 0 saturated heterocycles. The fourth-order valence-corrected chi connectivity index (χ4v) is 3.11. The van der Waals surface area contributed by atoms with Crippen LogP contribution in [0.5, 0.6) is 5.75 Å². The number of rotatable bonds is 5. The number of nitrogens with one attached hydrogen (secondary N) is 1. The predicted molar refractivity (Wildman–Crippen MR) is 80.7 cm³/mol. The summed E-state index contributed by atoms with van der Waals surface area (Å²) in [6, 6.07) is 7.55. The first-order valence-electron chi connectivity index (χ1n) is 7.96. The molecule has 0 heterocycles. The van der Waals surface area contributed by atoms with Gasteiger partial charge >= 0.3 is 6.61 Å². The fraction of sp³-hybridized carbons (Fsp3) is 0.647. The highest BCUT2D eigenvalue weighted by Gasteiger charge is 2.18. The Bertz CT molecular complexity index is 417. The topological polar surface area (TPSA) is 21.3 Å².